The van der Waals surface area contributed by atoms with Gasteiger partial charge in [-0.05, 0) is 35.9 Å². The lowest BCUT2D eigenvalue weighted by atomic mass is 9.99. The molecule has 0 aliphatic heterocycles. The van der Waals surface area contributed by atoms with Crippen molar-refractivity contribution in [1.29, 1.82) is 0 Å². The Morgan fingerprint density at radius 3 is 2.34 bits per heavy atom. The molecule has 6 heteroatoms. The maximum Gasteiger partial charge on any atom is 0.294 e. The van der Waals surface area contributed by atoms with Gasteiger partial charge in [-0.2, -0.15) is 0 Å². The molecule has 0 aliphatic rings. The Bertz CT molecular complexity index is 1270. The summed E-state index contributed by atoms with van der Waals surface area (Å²) in [7, 11) is 1.45. The van der Waals surface area contributed by atoms with Crippen LogP contribution in [0, 0.1) is 5.82 Å². The van der Waals surface area contributed by atoms with Crippen molar-refractivity contribution in [2.24, 2.45) is 0 Å². The molecule has 1 aromatic heterocycles. The number of hydrogen-bond donors (Lipinski definition) is 0. The van der Waals surface area contributed by atoms with Crippen molar-refractivity contribution in [1.82, 2.24) is 4.57 Å². The van der Waals surface area contributed by atoms with Crippen LogP contribution in [0.3, 0.4) is 0 Å². The summed E-state index contributed by atoms with van der Waals surface area (Å²) < 4.78 is 21.4. The normalized spacial score (nSPS) is 11.0. The Morgan fingerprint density at radius 1 is 0.966 bits per heavy atom. The summed E-state index contributed by atoms with van der Waals surface area (Å²) >= 11 is 12.1. The second-order valence-corrected chi connectivity index (χ2v) is 7.44. The number of aromatic nitrogens is 1. The van der Waals surface area contributed by atoms with Crippen LogP contribution in [0.1, 0.15) is 5.56 Å². The summed E-state index contributed by atoms with van der Waals surface area (Å²) in [5.41, 5.74) is 2.12. The second-order valence-electron chi connectivity index (χ2n) is 6.56. The molecular formula is C23H16Cl2FNO2. The van der Waals surface area contributed by atoms with Gasteiger partial charge in [0.2, 0.25) is 0 Å². The van der Waals surface area contributed by atoms with E-state index in [4.69, 9.17) is 27.9 Å². The molecule has 0 radical (unpaired) electrons. The van der Waals surface area contributed by atoms with Gasteiger partial charge in [0.1, 0.15) is 5.82 Å². The van der Waals surface area contributed by atoms with Crippen LogP contribution in [0.2, 0.25) is 10.0 Å². The third-order valence-corrected chi connectivity index (χ3v) is 5.27. The van der Waals surface area contributed by atoms with E-state index in [1.165, 1.54) is 17.7 Å². The lowest BCUT2D eigenvalue weighted by Gasteiger charge is -2.18. The first-order valence-electron chi connectivity index (χ1n) is 8.89. The summed E-state index contributed by atoms with van der Waals surface area (Å²) in [6.07, 6.45) is 0. The minimum atomic E-state index is -0.474. The molecule has 0 atom stereocenters. The van der Waals surface area contributed by atoms with Gasteiger partial charge in [0.25, 0.3) is 5.56 Å². The van der Waals surface area contributed by atoms with Gasteiger partial charge in [-0.25, -0.2) is 4.39 Å². The fourth-order valence-corrected chi connectivity index (χ4v) is 3.79. The standard InChI is InChI=1S/C23H16Cl2FNO2/c1-29-22-21(14-5-3-2-4-6-14)18-11-16(24)9-10-20(18)27(23(22)28)13-15-7-8-17(25)12-19(15)26/h2-12H,13H2,1H3. The highest BCUT2D eigenvalue weighted by atomic mass is 35.5. The summed E-state index contributed by atoms with van der Waals surface area (Å²) in [6.45, 7) is 0.0331. The fraction of sp³-hybridized carbons (Fsp3) is 0.0870. The maximum absolute atomic E-state index is 14.4. The van der Waals surface area contributed by atoms with E-state index in [0.29, 0.717) is 26.7 Å². The molecule has 29 heavy (non-hydrogen) atoms. The number of pyridine rings is 1. The monoisotopic (exact) mass is 427 g/mol. The molecule has 1 heterocycles. The van der Waals surface area contributed by atoms with Crippen molar-refractivity contribution in [3.63, 3.8) is 0 Å². The number of nitrogens with zero attached hydrogens (tertiary/aromatic N) is 1. The quantitative estimate of drug-likeness (QED) is 0.389. The predicted octanol–water partition coefficient (Wildman–Crippen LogP) is 6.17. The van der Waals surface area contributed by atoms with E-state index in [2.05, 4.69) is 0 Å². The Kier molecular flexibility index (Phi) is 5.31. The van der Waals surface area contributed by atoms with Crippen LogP contribution in [0.25, 0.3) is 22.0 Å². The predicted molar refractivity (Wildman–Crippen MR) is 116 cm³/mol. The molecule has 3 nitrogen and oxygen atoms in total. The molecule has 4 aromatic rings. The van der Waals surface area contributed by atoms with Crippen LogP contribution in [-0.2, 0) is 6.54 Å². The van der Waals surface area contributed by atoms with E-state index in [-0.39, 0.29) is 17.9 Å². The Morgan fingerprint density at radius 2 is 1.66 bits per heavy atom. The van der Waals surface area contributed by atoms with Crippen molar-refractivity contribution in [2.75, 3.05) is 7.11 Å². The molecule has 146 valence electrons. The number of fused-ring (bicyclic) bond motifs is 1. The smallest absolute Gasteiger partial charge is 0.294 e. The Hall–Kier alpha value is -2.82. The van der Waals surface area contributed by atoms with Gasteiger partial charge in [0.05, 0.1) is 19.2 Å². The van der Waals surface area contributed by atoms with Gasteiger partial charge in [-0.3, -0.25) is 4.79 Å². The molecule has 0 N–H and O–H groups in total. The zero-order chi connectivity index (χ0) is 20.5. The van der Waals surface area contributed by atoms with Gasteiger partial charge in [-0.15, -0.1) is 0 Å². The first kappa shape index (κ1) is 19.5. The molecule has 0 bridgehead atoms. The molecular weight excluding hydrogens is 412 g/mol. The number of benzene rings is 3. The summed E-state index contributed by atoms with van der Waals surface area (Å²) in [4.78, 5) is 13.3. The van der Waals surface area contributed by atoms with Crippen LogP contribution >= 0.6 is 23.2 Å². The average Bonchev–Trinajstić information content (AvgIpc) is 2.71. The third kappa shape index (κ3) is 3.61. The molecule has 0 spiro atoms. The highest BCUT2D eigenvalue weighted by Crippen LogP contribution is 2.36. The highest BCUT2D eigenvalue weighted by molar-refractivity contribution is 6.31. The molecule has 3 aromatic carbocycles. The van der Waals surface area contributed by atoms with Crippen molar-refractivity contribution in [3.8, 4) is 16.9 Å². The average molecular weight is 428 g/mol. The lowest BCUT2D eigenvalue weighted by molar-refractivity contribution is 0.407. The number of halogens is 3. The molecule has 0 amide bonds. The van der Waals surface area contributed by atoms with E-state index in [0.717, 1.165) is 10.9 Å². The van der Waals surface area contributed by atoms with Gasteiger partial charge in [0.15, 0.2) is 5.75 Å². The number of rotatable bonds is 4. The largest absolute Gasteiger partial charge is 0.491 e. The summed E-state index contributed by atoms with van der Waals surface area (Å²) in [6, 6.07) is 19.1. The van der Waals surface area contributed by atoms with E-state index >= 15 is 0 Å². The van der Waals surface area contributed by atoms with Crippen LogP contribution in [0.5, 0.6) is 5.75 Å². The van der Waals surface area contributed by atoms with Crippen molar-refractivity contribution in [3.05, 3.63) is 98.5 Å². The van der Waals surface area contributed by atoms with Crippen LogP contribution < -0.4 is 10.3 Å². The van der Waals surface area contributed by atoms with Gasteiger partial charge in [-0.1, -0.05) is 59.6 Å². The first-order valence-corrected chi connectivity index (χ1v) is 9.64. The zero-order valence-electron chi connectivity index (χ0n) is 15.5. The second kappa shape index (κ2) is 7.90. The Balaban J connectivity index is 2.04. The van der Waals surface area contributed by atoms with Crippen molar-refractivity contribution < 1.29 is 9.13 Å². The van der Waals surface area contributed by atoms with E-state index < -0.39 is 5.82 Å². The fourth-order valence-electron chi connectivity index (χ4n) is 3.46. The molecule has 0 unspecified atom stereocenters. The topological polar surface area (TPSA) is 31.2 Å². The Labute approximate surface area is 176 Å². The summed E-state index contributed by atoms with van der Waals surface area (Å²) in [5, 5.41) is 1.57. The number of hydrogen-bond acceptors (Lipinski definition) is 2. The zero-order valence-corrected chi connectivity index (χ0v) is 17.0. The van der Waals surface area contributed by atoms with E-state index in [1.807, 2.05) is 30.3 Å². The van der Waals surface area contributed by atoms with Gasteiger partial charge < -0.3 is 9.30 Å². The van der Waals surface area contributed by atoms with Gasteiger partial charge in [0, 0.05) is 26.6 Å². The highest BCUT2D eigenvalue weighted by Gasteiger charge is 2.20. The number of ether oxygens (including phenoxy) is 1. The van der Waals surface area contributed by atoms with Crippen molar-refractivity contribution >= 4 is 34.1 Å². The SMILES string of the molecule is COc1c(-c2ccccc2)c2cc(Cl)ccc2n(Cc2ccc(Cl)cc2F)c1=O. The van der Waals surface area contributed by atoms with Crippen molar-refractivity contribution in [2.45, 2.75) is 6.54 Å². The molecule has 4 rings (SSSR count). The minimum Gasteiger partial charge on any atom is -0.491 e. The third-order valence-electron chi connectivity index (χ3n) is 4.80. The van der Waals surface area contributed by atoms with Crippen LogP contribution in [-0.4, -0.2) is 11.7 Å². The van der Waals surface area contributed by atoms with E-state index in [1.54, 1.807) is 30.3 Å². The first-order chi connectivity index (χ1) is 14.0. The minimum absolute atomic E-state index is 0.0331. The molecule has 0 aliphatic carbocycles. The molecule has 0 saturated carbocycles. The molecule has 0 fully saturated rings. The van der Waals surface area contributed by atoms with E-state index in [9.17, 15) is 9.18 Å². The molecule has 0 saturated heterocycles. The van der Waals surface area contributed by atoms with Crippen LogP contribution in [0.4, 0.5) is 4.39 Å². The van der Waals surface area contributed by atoms with Crippen LogP contribution in [0.15, 0.2) is 71.5 Å². The van der Waals surface area contributed by atoms with Gasteiger partial charge >= 0.3 is 0 Å². The maximum atomic E-state index is 14.4. The number of methoxy groups -OCH3 is 1. The summed E-state index contributed by atoms with van der Waals surface area (Å²) in [5.74, 6) is -0.294. The lowest BCUT2D eigenvalue weighted by Crippen LogP contribution is -2.24.